The first kappa shape index (κ1) is 25.1. The Labute approximate surface area is 201 Å². The van der Waals surface area contributed by atoms with Gasteiger partial charge in [0.1, 0.15) is 5.82 Å². The molecule has 0 amide bonds. The molecule has 0 aromatic heterocycles. The monoisotopic (exact) mass is 535 g/mol. The molecule has 1 aliphatic rings. The first-order valence-corrected chi connectivity index (χ1v) is 10.6. The first-order valence-electron chi connectivity index (χ1n) is 10.6. The van der Waals surface area contributed by atoms with Crippen LogP contribution in [0.3, 0.4) is 0 Å². The van der Waals surface area contributed by atoms with Gasteiger partial charge in [-0.2, -0.15) is 5.26 Å². The lowest BCUT2D eigenvalue weighted by atomic mass is 10.0. The minimum absolute atomic E-state index is 0. The van der Waals surface area contributed by atoms with Crippen molar-refractivity contribution < 1.29 is 4.39 Å². The smallest absolute Gasteiger partial charge is 0.191 e. The fraction of sp³-hybridized carbons (Fsp3) is 0.417. The van der Waals surface area contributed by atoms with Gasteiger partial charge >= 0.3 is 0 Å². The largest absolute Gasteiger partial charge is 0.357 e. The van der Waals surface area contributed by atoms with Crippen molar-refractivity contribution in [3.63, 3.8) is 0 Å². The molecule has 7 heteroatoms. The molecule has 0 radical (unpaired) electrons. The zero-order chi connectivity index (χ0) is 21.3. The minimum Gasteiger partial charge on any atom is -0.357 e. The molecule has 1 atom stereocenters. The van der Waals surface area contributed by atoms with Crippen molar-refractivity contribution in [2.75, 3.05) is 19.6 Å². The molecule has 31 heavy (non-hydrogen) atoms. The second-order valence-electron chi connectivity index (χ2n) is 7.65. The second-order valence-corrected chi connectivity index (χ2v) is 7.65. The molecule has 1 unspecified atom stereocenters. The van der Waals surface area contributed by atoms with E-state index in [1.54, 1.807) is 12.1 Å². The van der Waals surface area contributed by atoms with Crippen LogP contribution in [0.5, 0.6) is 0 Å². The summed E-state index contributed by atoms with van der Waals surface area (Å²) in [6, 6.07) is 17.8. The molecule has 2 aromatic rings. The Balaban J connectivity index is 0.00000341. The van der Waals surface area contributed by atoms with E-state index < -0.39 is 5.82 Å². The molecule has 1 saturated heterocycles. The van der Waals surface area contributed by atoms with Crippen LogP contribution in [0.15, 0.2) is 53.5 Å². The minimum atomic E-state index is -0.392. The maximum absolute atomic E-state index is 14.1. The van der Waals surface area contributed by atoms with Crippen LogP contribution >= 0.6 is 24.0 Å². The number of hydrogen-bond acceptors (Lipinski definition) is 3. The number of hydrogen-bond donors (Lipinski definition) is 2. The van der Waals surface area contributed by atoms with E-state index in [4.69, 9.17) is 5.26 Å². The maximum atomic E-state index is 14.1. The highest BCUT2D eigenvalue weighted by Gasteiger charge is 2.24. The van der Waals surface area contributed by atoms with Gasteiger partial charge < -0.3 is 10.6 Å². The highest BCUT2D eigenvalue weighted by Crippen LogP contribution is 2.24. The third-order valence-electron chi connectivity index (χ3n) is 5.63. The highest BCUT2D eigenvalue weighted by atomic mass is 127. The van der Waals surface area contributed by atoms with Crippen molar-refractivity contribution in [3.05, 3.63) is 71.0 Å². The SMILES string of the molecule is CCNC(=NCc1ccc(C#N)cc1F)NC1CCN(C(C)c2ccccc2)CC1.I. The second kappa shape index (κ2) is 12.6. The van der Waals surface area contributed by atoms with Crippen LogP contribution in [0.4, 0.5) is 4.39 Å². The van der Waals surface area contributed by atoms with Gasteiger partial charge in [0, 0.05) is 37.3 Å². The number of benzene rings is 2. The fourth-order valence-corrected chi connectivity index (χ4v) is 3.80. The number of halogens is 2. The molecule has 1 fully saturated rings. The zero-order valence-electron chi connectivity index (χ0n) is 18.1. The third-order valence-corrected chi connectivity index (χ3v) is 5.63. The molecular weight excluding hydrogens is 504 g/mol. The Kier molecular flexibility index (Phi) is 10.2. The average Bonchev–Trinajstić information content (AvgIpc) is 2.78. The van der Waals surface area contributed by atoms with Crippen molar-refractivity contribution in [1.82, 2.24) is 15.5 Å². The molecule has 0 saturated carbocycles. The zero-order valence-corrected chi connectivity index (χ0v) is 20.5. The third kappa shape index (κ3) is 7.18. The van der Waals surface area contributed by atoms with Gasteiger partial charge in [-0.1, -0.05) is 36.4 Å². The predicted octanol–water partition coefficient (Wildman–Crippen LogP) is 4.60. The number of guanidine groups is 1. The van der Waals surface area contributed by atoms with Gasteiger partial charge in [0.05, 0.1) is 18.2 Å². The number of piperidine rings is 1. The molecule has 1 aliphatic heterocycles. The number of nitrogens with zero attached hydrogens (tertiary/aromatic N) is 3. The lowest BCUT2D eigenvalue weighted by molar-refractivity contribution is 0.158. The molecule has 3 rings (SSSR count). The molecule has 0 aliphatic carbocycles. The molecule has 5 nitrogen and oxygen atoms in total. The van der Waals surface area contributed by atoms with Gasteiger partial charge in [0.25, 0.3) is 0 Å². The van der Waals surface area contributed by atoms with Gasteiger partial charge in [-0.15, -0.1) is 24.0 Å². The average molecular weight is 535 g/mol. The number of likely N-dealkylation sites (tertiary alicyclic amines) is 1. The van der Waals surface area contributed by atoms with Crippen LogP contribution < -0.4 is 10.6 Å². The van der Waals surface area contributed by atoms with Crippen molar-refractivity contribution in [2.45, 2.75) is 45.3 Å². The van der Waals surface area contributed by atoms with Crippen LogP contribution in [-0.4, -0.2) is 36.5 Å². The predicted molar refractivity (Wildman–Crippen MR) is 134 cm³/mol. The summed E-state index contributed by atoms with van der Waals surface area (Å²) in [5, 5.41) is 15.6. The van der Waals surface area contributed by atoms with E-state index in [1.807, 2.05) is 13.0 Å². The molecular formula is C24H31FIN5. The fourth-order valence-electron chi connectivity index (χ4n) is 3.80. The van der Waals surface area contributed by atoms with Gasteiger partial charge in [0.15, 0.2) is 5.96 Å². The Hall–Kier alpha value is -2.18. The topological polar surface area (TPSA) is 63.5 Å². The molecule has 166 valence electrons. The number of nitrogens with one attached hydrogen (secondary N) is 2. The van der Waals surface area contributed by atoms with Crippen LogP contribution in [0.2, 0.25) is 0 Å². The molecule has 2 N–H and O–H groups in total. The van der Waals surface area contributed by atoms with E-state index in [0.29, 0.717) is 29.2 Å². The first-order chi connectivity index (χ1) is 14.6. The van der Waals surface area contributed by atoms with E-state index in [2.05, 4.69) is 57.8 Å². The normalized spacial score (nSPS) is 16.1. The van der Waals surface area contributed by atoms with Gasteiger partial charge in [-0.05, 0) is 44.4 Å². The quantitative estimate of drug-likeness (QED) is 0.323. The Morgan fingerprint density at radius 2 is 1.94 bits per heavy atom. The van der Waals surface area contributed by atoms with E-state index in [9.17, 15) is 4.39 Å². The summed E-state index contributed by atoms with van der Waals surface area (Å²) in [6.45, 7) is 7.31. The highest BCUT2D eigenvalue weighted by molar-refractivity contribution is 14.0. The van der Waals surface area contributed by atoms with Crippen molar-refractivity contribution in [1.29, 1.82) is 5.26 Å². The summed E-state index contributed by atoms with van der Waals surface area (Å²) in [5.74, 6) is 0.313. The van der Waals surface area contributed by atoms with Gasteiger partial charge in [-0.25, -0.2) is 9.38 Å². The van der Waals surface area contributed by atoms with E-state index in [-0.39, 0.29) is 30.5 Å². The Morgan fingerprint density at radius 1 is 1.23 bits per heavy atom. The van der Waals surface area contributed by atoms with Crippen LogP contribution in [0.25, 0.3) is 0 Å². The summed E-state index contributed by atoms with van der Waals surface area (Å²) in [6.07, 6.45) is 2.07. The van der Waals surface area contributed by atoms with Crippen LogP contribution in [0, 0.1) is 17.1 Å². The Bertz CT molecular complexity index is 889. The number of aliphatic imine (C=N–C) groups is 1. The van der Waals surface area contributed by atoms with E-state index in [1.165, 1.54) is 11.6 Å². The Morgan fingerprint density at radius 3 is 2.55 bits per heavy atom. The van der Waals surface area contributed by atoms with E-state index >= 15 is 0 Å². The van der Waals surface area contributed by atoms with Crippen molar-refractivity contribution in [3.8, 4) is 6.07 Å². The van der Waals surface area contributed by atoms with E-state index in [0.717, 1.165) is 32.5 Å². The van der Waals surface area contributed by atoms with Crippen molar-refractivity contribution >= 4 is 29.9 Å². The standard InChI is InChI=1S/C24H30FN5.HI/c1-3-27-24(28-17-21-10-9-19(16-26)15-23(21)25)29-22-11-13-30(14-12-22)18(2)20-7-5-4-6-8-20;/h4-10,15,18,22H,3,11-14,17H2,1-2H3,(H2,27,28,29);1H. The lowest BCUT2D eigenvalue weighted by Crippen LogP contribution is -2.49. The molecule has 0 bridgehead atoms. The maximum Gasteiger partial charge on any atom is 0.191 e. The van der Waals surface area contributed by atoms with Gasteiger partial charge in [-0.3, -0.25) is 4.90 Å². The number of rotatable bonds is 6. The van der Waals surface area contributed by atoms with Crippen molar-refractivity contribution in [2.24, 2.45) is 4.99 Å². The lowest BCUT2D eigenvalue weighted by Gasteiger charge is -2.37. The van der Waals surface area contributed by atoms with Gasteiger partial charge in [0.2, 0.25) is 0 Å². The summed E-state index contributed by atoms with van der Waals surface area (Å²) in [5.41, 5.74) is 2.16. The summed E-state index contributed by atoms with van der Waals surface area (Å²) < 4.78 is 14.1. The van der Waals surface area contributed by atoms with Crippen LogP contribution in [-0.2, 0) is 6.54 Å². The molecule has 0 spiro atoms. The molecule has 1 heterocycles. The molecule has 2 aromatic carbocycles. The summed E-state index contributed by atoms with van der Waals surface area (Å²) >= 11 is 0. The van der Waals surface area contributed by atoms with Crippen LogP contribution in [0.1, 0.15) is 49.4 Å². The number of nitriles is 1. The summed E-state index contributed by atoms with van der Waals surface area (Å²) in [4.78, 5) is 7.07. The summed E-state index contributed by atoms with van der Waals surface area (Å²) in [7, 11) is 0.